The van der Waals surface area contributed by atoms with E-state index in [1.807, 2.05) is 30.3 Å². The van der Waals surface area contributed by atoms with E-state index < -0.39 is 17.4 Å². The highest BCUT2D eigenvalue weighted by Gasteiger charge is 2.21. The summed E-state index contributed by atoms with van der Waals surface area (Å²) in [6.07, 6.45) is 4.11. The summed E-state index contributed by atoms with van der Waals surface area (Å²) in [4.78, 5) is 0. The minimum atomic E-state index is -0.811. The molecule has 0 aliphatic heterocycles. The van der Waals surface area contributed by atoms with Crippen LogP contribution in [-0.2, 0) is 11.3 Å². The largest absolute Gasteiger partial charge is 0.435 e. The molecular formula is C22H24F2N2O2. The van der Waals surface area contributed by atoms with Crippen molar-refractivity contribution in [3.8, 4) is 5.75 Å². The highest BCUT2D eigenvalue weighted by atomic mass is 19.1. The maximum Gasteiger partial charge on any atom is 0.200 e. The quantitative estimate of drug-likeness (QED) is 0.693. The van der Waals surface area contributed by atoms with Gasteiger partial charge in [0, 0.05) is 17.7 Å². The van der Waals surface area contributed by atoms with E-state index in [2.05, 4.69) is 0 Å². The number of para-hydroxylation sites is 1. The van der Waals surface area contributed by atoms with Crippen LogP contribution in [0, 0.1) is 17.6 Å². The lowest BCUT2D eigenvalue weighted by atomic mass is 9.87. The molecule has 4 N–H and O–H groups in total. The molecule has 0 bridgehead atoms. The van der Waals surface area contributed by atoms with Gasteiger partial charge in [-0.2, -0.15) is 0 Å². The van der Waals surface area contributed by atoms with E-state index in [-0.39, 0.29) is 11.8 Å². The average Bonchev–Trinajstić information content (AvgIpc) is 2.68. The first kappa shape index (κ1) is 19.9. The van der Waals surface area contributed by atoms with Crippen LogP contribution >= 0.6 is 0 Å². The fourth-order valence-electron chi connectivity index (χ4n) is 3.22. The molecule has 1 aliphatic rings. The van der Waals surface area contributed by atoms with Crippen LogP contribution in [0.4, 0.5) is 8.78 Å². The van der Waals surface area contributed by atoms with Crippen molar-refractivity contribution in [1.29, 1.82) is 0 Å². The zero-order chi connectivity index (χ0) is 19.9. The molecule has 0 radical (unpaired) electrons. The number of allylic oxidation sites excluding steroid dienone is 2. The number of nitrogens with two attached hydrogens (primary N) is 2. The van der Waals surface area contributed by atoms with Crippen molar-refractivity contribution in [2.24, 2.45) is 17.4 Å². The highest BCUT2D eigenvalue weighted by molar-refractivity contribution is 5.32. The molecule has 4 nitrogen and oxygen atoms in total. The van der Waals surface area contributed by atoms with Crippen LogP contribution in [0.1, 0.15) is 24.8 Å². The molecule has 0 saturated heterocycles. The Kier molecular flexibility index (Phi) is 6.66. The lowest BCUT2D eigenvalue weighted by Crippen LogP contribution is -2.23. The first-order valence-electron chi connectivity index (χ1n) is 9.24. The van der Waals surface area contributed by atoms with Gasteiger partial charge in [0.1, 0.15) is 0 Å². The average molecular weight is 386 g/mol. The summed E-state index contributed by atoms with van der Waals surface area (Å²) in [5, 5.41) is 0. The molecule has 1 atom stereocenters. The second kappa shape index (κ2) is 9.37. The van der Waals surface area contributed by atoms with E-state index in [1.165, 1.54) is 6.07 Å². The lowest BCUT2D eigenvalue weighted by molar-refractivity contribution is 0.0914. The summed E-state index contributed by atoms with van der Waals surface area (Å²) in [5.41, 5.74) is 14.7. The number of hydrogen-bond acceptors (Lipinski definition) is 4. The molecule has 0 saturated carbocycles. The molecule has 0 fully saturated rings. The van der Waals surface area contributed by atoms with Gasteiger partial charge in [-0.3, -0.25) is 0 Å². The van der Waals surface area contributed by atoms with Gasteiger partial charge in [-0.05, 0) is 42.5 Å². The van der Waals surface area contributed by atoms with Crippen molar-refractivity contribution < 1.29 is 18.3 Å². The summed E-state index contributed by atoms with van der Waals surface area (Å²) >= 11 is 0. The third kappa shape index (κ3) is 5.10. The number of rotatable bonds is 7. The molecule has 0 aromatic heterocycles. The van der Waals surface area contributed by atoms with Crippen LogP contribution in [0.15, 0.2) is 71.8 Å². The van der Waals surface area contributed by atoms with E-state index in [1.54, 1.807) is 6.08 Å². The van der Waals surface area contributed by atoms with Crippen LogP contribution < -0.4 is 16.2 Å². The van der Waals surface area contributed by atoms with Gasteiger partial charge in [0.15, 0.2) is 17.5 Å². The van der Waals surface area contributed by atoms with E-state index in [4.69, 9.17) is 20.9 Å². The van der Waals surface area contributed by atoms with Gasteiger partial charge in [0.05, 0.1) is 13.2 Å². The van der Waals surface area contributed by atoms with Crippen LogP contribution in [0.2, 0.25) is 0 Å². The van der Waals surface area contributed by atoms with E-state index in [0.717, 1.165) is 42.5 Å². The fraction of sp³-hybridized carbons (Fsp3) is 0.273. The molecule has 0 heterocycles. The minimum absolute atomic E-state index is 0.0710. The number of hydrogen-bond donors (Lipinski definition) is 2. The Morgan fingerprint density at radius 3 is 2.50 bits per heavy atom. The third-order valence-electron chi connectivity index (χ3n) is 4.70. The number of halogens is 2. The molecular weight excluding hydrogens is 362 g/mol. The van der Waals surface area contributed by atoms with Crippen molar-refractivity contribution in [1.82, 2.24) is 0 Å². The summed E-state index contributed by atoms with van der Waals surface area (Å²) in [6, 6.07) is 13.4. The maximum atomic E-state index is 13.7. The van der Waals surface area contributed by atoms with Crippen molar-refractivity contribution in [2.75, 3.05) is 6.61 Å². The Labute approximate surface area is 163 Å². The smallest absolute Gasteiger partial charge is 0.200 e. The molecule has 1 unspecified atom stereocenters. The number of ether oxygens (including phenoxy) is 2. The van der Waals surface area contributed by atoms with Crippen molar-refractivity contribution in [2.45, 2.75) is 25.9 Å². The SMILES string of the molecule is NC1=C(/C=C(\N)Oc2c(F)cccc2F)CCCC1COCc1ccccc1. The Hall–Kier alpha value is -2.86. The molecule has 0 spiro atoms. The van der Waals surface area contributed by atoms with E-state index in [0.29, 0.717) is 18.9 Å². The molecule has 148 valence electrons. The van der Waals surface area contributed by atoms with Crippen molar-refractivity contribution in [3.05, 3.63) is 89.0 Å². The van der Waals surface area contributed by atoms with Crippen LogP contribution in [0.25, 0.3) is 0 Å². The van der Waals surface area contributed by atoms with Crippen molar-refractivity contribution >= 4 is 0 Å². The summed E-state index contributed by atoms with van der Waals surface area (Å²) < 4.78 is 38.4. The second-order valence-corrected chi connectivity index (χ2v) is 6.77. The Bertz CT molecular complexity index is 846. The van der Waals surface area contributed by atoms with Gasteiger partial charge in [-0.25, -0.2) is 8.78 Å². The maximum absolute atomic E-state index is 13.7. The lowest BCUT2D eigenvalue weighted by Gasteiger charge is -2.25. The first-order valence-corrected chi connectivity index (χ1v) is 9.24. The standard InChI is InChI=1S/C22H24F2N2O2/c23-18-10-5-11-19(24)22(18)28-20(25)12-16-8-4-9-17(21(16)26)14-27-13-15-6-2-1-3-7-15/h1-3,5-7,10-12,17H,4,8-9,13-14,25-26H2/b20-12+. The van der Waals surface area contributed by atoms with Gasteiger partial charge in [-0.1, -0.05) is 36.4 Å². The summed E-state index contributed by atoms with van der Waals surface area (Å²) in [7, 11) is 0. The monoisotopic (exact) mass is 386 g/mol. The molecule has 6 heteroatoms. The minimum Gasteiger partial charge on any atom is -0.435 e. The molecule has 2 aromatic carbocycles. The molecule has 2 aromatic rings. The first-order chi connectivity index (χ1) is 13.5. The summed E-state index contributed by atoms with van der Waals surface area (Å²) in [6.45, 7) is 1.02. The number of benzene rings is 2. The van der Waals surface area contributed by atoms with Gasteiger partial charge >= 0.3 is 0 Å². The topological polar surface area (TPSA) is 70.5 Å². The molecule has 28 heavy (non-hydrogen) atoms. The second-order valence-electron chi connectivity index (χ2n) is 6.77. The van der Waals surface area contributed by atoms with Crippen molar-refractivity contribution in [3.63, 3.8) is 0 Å². The fourth-order valence-corrected chi connectivity index (χ4v) is 3.22. The molecule has 1 aliphatic carbocycles. The van der Waals surface area contributed by atoms with Crippen LogP contribution in [-0.4, -0.2) is 6.61 Å². The van der Waals surface area contributed by atoms with E-state index in [9.17, 15) is 8.78 Å². The third-order valence-corrected chi connectivity index (χ3v) is 4.70. The normalized spacial score (nSPS) is 17.6. The van der Waals surface area contributed by atoms with Gasteiger partial charge in [0.25, 0.3) is 0 Å². The predicted octanol–water partition coefficient (Wildman–Crippen LogP) is 4.37. The Morgan fingerprint density at radius 2 is 1.79 bits per heavy atom. The summed E-state index contributed by atoms with van der Waals surface area (Å²) in [5.74, 6) is -2.17. The Balaban J connectivity index is 1.64. The van der Waals surface area contributed by atoms with Gasteiger partial charge in [0.2, 0.25) is 5.75 Å². The predicted molar refractivity (Wildman–Crippen MR) is 104 cm³/mol. The van der Waals surface area contributed by atoms with Gasteiger partial charge in [-0.15, -0.1) is 0 Å². The zero-order valence-electron chi connectivity index (χ0n) is 15.5. The Morgan fingerprint density at radius 1 is 1.07 bits per heavy atom. The molecule has 0 amide bonds. The zero-order valence-corrected chi connectivity index (χ0v) is 15.5. The van der Waals surface area contributed by atoms with E-state index >= 15 is 0 Å². The molecule has 3 rings (SSSR count). The van der Waals surface area contributed by atoms with Gasteiger partial charge < -0.3 is 20.9 Å². The highest BCUT2D eigenvalue weighted by Crippen LogP contribution is 2.29. The van der Waals surface area contributed by atoms with Crippen LogP contribution in [0.5, 0.6) is 5.75 Å². The van der Waals surface area contributed by atoms with Crippen LogP contribution in [0.3, 0.4) is 0 Å².